The first-order valence-corrected chi connectivity index (χ1v) is 16.3. The van der Waals surface area contributed by atoms with E-state index in [-0.39, 0.29) is 17.6 Å². The molecule has 0 fully saturated rings. The molecule has 0 radical (unpaired) electrons. The van der Waals surface area contributed by atoms with Crippen LogP contribution in [0.25, 0.3) is 10.9 Å². The smallest absolute Gasteiger partial charge is 0.242 e. The standard InChI is InChI=1S/C32H38N2O4Si/c1-31(2,3)39(5,6)38-21-29(37-20-22-15-17-23(36-4)18-16-22)32(25-12-8-10-14-28(25)34-30(32)35)26-19-33-27-13-9-7-11-24(26)27/h7-19,29,33H,20-21H2,1-6H3,(H,34,35)/t29-,32-/m1/s1. The lowest BCUT2D eigenvalue weighted by Crippen LogP contribution is -2.52. The van der Waals surface area contributed by atoms with Crippen molar-refractivity contribution in [3.8, 4) is 5.75 Å². The van der Waals surface area contributed by atoms with Crippen molar-refractivity contribution in [3.05, 3.63) is 95.7 Å². The Morgan fingerprint density at radius 3 is 2.33 bits per heavy atom. The number of benzene rings is 3. The Bertz CT molecular complexity index is 1470. The minimum absolute atomic E-state index is 0.0112. The number of hydrogen-bond acceptors (Lipinski definition) is 4. The highest BCUT2D eigenvalue weighted by molar-refractivity contribution is 6.74. The number of hydrogen-bond donors (Lipinski definition) is 2. The first-order chi connectivity index (χ1) is 18.6. The number of nitrogens with one attached hydrogen (secondary N) is 2. The maximum Gasteiger partial charge on any atom is 0.242 e. The van der Waals surface area contributed by atoms with E-state index in [0.29, 0.717) is 6.61 Å². The second kappa shape index (κ2) is 10.3. The van der Waals surface area contributed by atoms with Crippen LogP contribution in [-0.2, 0) is 26.0 Å². The van der Waals surface area contributed by atoms with E-state index in [4.69, 9.17) is 13.9 Å². The summed E-state index contributed by atoms with van der Waals surface area (Å²) in [5, 5.41) is 4.18. The van der Waals surface area contributed by atoms with Crippen LogP contribution in [0, 0.1) is 0 Å². The first kappa shape index (κ1) is 27.2. The summed E-state index contributed by atoms with van der Waals surface area (Å²) in [5.74, 6) is 0.683. The highest BCUT2D eigenvalue weighted by atomic mass is 28.4. The molecule has 5 rings (SSSR count). The van der Waals surface area contributed by atoms with Gasteiger partial charge in [0.25, 0.3) is 0 Å². The molecule has 0 saturated heterocycles. The molecule has 1 aromatic heterocycles. The van der Waals surface area contributed by atoms with Gasteiger partial charge in [-0.15, -0.1) is 0 Å². The van der Waals surface area contributed by atoms with Crippen LogP contribution in [0.15, 0.2) is 79.0 Å². The lowest BCUT2D eigenvalue weighted by atomic mass is 9.71. The molecule has 0 aliphatic carbocycles. The molecule has 3 aromatic carbocycles. The van der Waals surface area contributed by atoms with Gasteiger partial charge in [-0.2, -0.15) is 0 Å². The molecule has 4 aromatic rings. The van der Waals surface area contributed by atoms with Crippen molar-refractivity contribution in [2.24, 2.45) is 0 Å². The number of methoxy groups -OCH3 is 1. The van der Waals surface area contributed by atoms with Gasteiger partial charge in [0.1, 0.15) is 17.3 Å². The Morgan fingerprint density at radius 2 is 1.62 bits per heavy atom. The number of anilines is 1. The molecule has 1 aliphatic heterocycles. The van der Waals surface area contributed by atoms with Gasteiger partial charge in [0, 0.05) is 28.4 Å². The molecule has 2 N–H and O–H groups in total. The van der Waals surface area contributed by atoms with Crippen molar-refractivity contribution in [1.29, 1.82) is 0 Å². The van der Waals surface area contributed by atoms with E-state index in [9.17, 15) is 4.79 Å². The van der Waals surface area contributed by atoms with Gasteiger partial charge in [-0.25, -0.2) is 0 Å². The zero-order valence-electron chi connectivity index (χ0n) is 23.6. The van der Waals surface area contributed by atoms with Gasteiger partial charge in [-0.3, -0.25) is 4.79 Å². The molecular formula is C32H38N2O4Si. The van der Waals surface area contributed by atoms with Crippen molar-refractivity contribution < 1.29 is 18.7 Å². The fourth-order valence-corrected chi connectivity index (χ4v) is 6.16. The second-order valence-electron chi connectivity index (χ2n) is 11.8. The Hall–Kier alpha value is -3.39. The molecule has 1 amide bonds. The normalized spacial score (nSPS) is 18.2. The van der Waals surface area contributed by atoms with Crippen LogP contribution in [-0.4, -0.2) is 39.0 Å². The number of ether oxygens (including phenoxy) is 2. The third kappa shape index (κ3) is 4.79. The average molecular weight is 543 g/mol. The minimum Gasteiger partial charge on any atom is -0.497 e. The first-order valence-electron chi connectivity index (χ1n) is 13.4. The van der Waals surface area contributed by atoms with E-state index in [0.717, 1.165) is 39.0 Å². The van der Waals surface area contributed by atoms with Crippen molar-refractivity contribution in [3.63, 3.8) is 0 Å². The maximum atomic E-state index is 14.3. The van der Waals surface area contributed by atoms with Gasteiger partial charge in [-0.05, 0) is 53.5 Å². The summed E-state index contributed by atoms with van der Waals surface area (Å²) >= 11 is 0. The Kier molecular flexibility index (Phi) is 7.18. The van der Waals surface area contributed by atoms with Crippen LogP contribution < -0.4 is 10.1 Å². The summed E-state index contributed by atoms with van der Waals surface area (Å²) in [7, 11) is -0.507. The highest BCUT2D eigenvalue weighted by Crippen LogP contribution is 2.49. The third-order valence-electron chi connectivity index (χ3n) is 8.47. The van der Waals surface area contributed by atoms with Crippen LogP contribution in [0.5, 0.6) is 5.75 Å². The van der Waals surface area contributed by atoms with Gasteiger partial charge >= 0.3 is 0 Å². The number of fused-ring (bicyclic) bond motifs is 2. The molecule has 1 aliphatic rings. The van der Waals surface area contributed by atoms with Crippen molar-refractivity contribution in [1.82, 2.24) is 4.98 Å². The van der Waals surface area contributed by atoms with Crippen LogP contribution in [0.2, 0.25) is 18.1 Å². The number of aromatic amines is 1. The van der Waals surface area contributed by atoms with E-state index in [1.54, 1.807) is 7.11 Å². The Labute approximate surface area is 231 Å². The topological polar surface area (TPSA) is 72.6 Å². The second-order valence-corrected chi connectivity index (χ2v) is 16.6. The lowest BCUT2D eigenvalue weighted by Gasteiger charge is -2.41. The van der Waals surface area contributed by atoms with Crippen LogP contribution in [0.3, 0.4) is 0 Å². The maximum absolute atomic E-state index is 14.3. The number of para-hydroxylation sites is 2. The van der Waals surface area contributed by atoms with Crippen LogP contribution in [0.4, 0.5) is 5.69 Å². The third-order valence-corrected chi connectivity index (χ3v) is 13.0. The number of carbonyl (C=O) groups is 1. The molecule has 0 unspecified atom stereocenters. The SMILES string of the molecule is COc1ccc(CO[C@H](CO[Si](C)(C)C(C)(C)C)[C@@]2(c3c[nH]c4ccccc34)C(=O)Nc3ccccc32)cc1. The van der Waals surface area contributed by atoms with Crippen LogP contribution in [0.1, 0.15) is 37.5 Å². The van der Waals surface area contributed by atoms with E-state index in [1.165, 1.54) is 0 Å². The number of rotatable bonds is 9. The number of H-pyrrole nitrogens is 1. The zero-order valence-corrected chi connectivity index (χ0v) is 24.6. The predicted molar refractivity (Wildman–Crippen MR) is 159 cm³/mol. The quantitative estimate of drug-likeness (QED) is 0.223. The Balaban J connectivity index is 1.65. The van der Waals surface area contributed by atoms with E-state index in [2.05, 4.69) is 50.2 Å². The fourth-order valence-electron chi connectivity index (χ4n) is 5.15. The molecule has 39 heavy (non-hydrogen) atoms. The largest absolute Gasteiger partial charge is 0.497 e. The van der Waals surface area contributed by atoms with Gasteiger partial charge in [0.05, 0.1) is 20.3 Å². The summed E-state index contributed by atoms with van der Waals surface area (Å²) < 4.78 is 18.9. The molecule has 2 atom stereocenters. The van der Waals surface area contributed by atoms with Crippen molar-refractivity contribution in [2.75, 3.05) is 19.0 Å². The lowest BCUT2D eigenvalue weighted by molar-refractivity contribution is -0.127. The van der Waals surface area contributed by atoms with Gasteiger partial charge in [-0.1, -0.05) is 69.3 Å². The molecule has 6 nitrogen and oxygen atoms in total. The van der Waals surface area contributed by atoms with Crippen molar-refractivity contribution >= 4 is 30.8 Å². The molecule has 0 spiro atoms. The fraction of sp³-hybridized carbons (Fsp3) is 0.344. The highest BCUT2D eigenvalue weighted by Gasteiger charge is 2.56. The van der Waals surface area contributed by atoms with Crippen LogP contribution >= 0.6 is 0 Å². The van der Waals surface area contributed by atoms with E-state index >= 15 is 0 Å². The summed E-state index contributed by atoms with van der Waals surface area (Å²) in [6.45, 7) is 11.7. The zero-order chi connectivity index (χ0) is 27.8. The molecular weight excluding hydrogens is 504 g/mol. The van der Waals surface area contributed by atoms with Gasteiger partial charge < -0.3 is 24.2 Å². The number of aromatic nitrogens is 1. The molecule has 204 valence electrons. The van der Waals surface area contributed by atoms with E-state index in [1.807, 2.05) is 72.9 Å². The van der Waals surface area contributed by atoms with E-state index < -0.39 is 19.8 Å². The molecule has 0 saturated carbocycles. The summed E-state index contributed by atoms with van der Waals surface area (Å²) in [6.07, 6.45) is 1.37. The molecule has 2 heterocycles. The summed E-state index contributed by atoms with van der Waals surface area (Å²) in [4.78, 5) is 17.7. The van der Waals surface area contributed by atoms with Crippen molar-refractivity contribution in [2.45, 2.75) is 57.0 Å². The summed E-state index contributed by atoms with van der Waals surface area (Å²) in [6, 6.07) is 23.8. The predicted octanol–water partition coefficient (Wildman–Crippen LogP) is 7.02. The van der Waals surface area contributed by atoms with Gasteiger partial charge in [0.2, 0.25) is 5.91 Å². The minimum atomic E-state index is -2.16. The average Bonchev–Trinajstić information content (AvgIpc) is 3.47. The molecule has 7 heteroatoms. The Morgan fingerprint density at radius 1 is 0.923 bits per heavy atom. The van der Waals surface area contributed by atoms with Gasteiger partial charge in [0.15, 0.2) is 8.32 Å². The monoisotopic (exact) mass is 542 g/mol. The molecule has 0 bridgehead atoms. The number of carbonyl (C=O) groups excluding carboxylic acids is 1. The summed E-state index contributed by atoms with van der Waals surface area (Å²) in [5.41, 5.74) is 3.46. The number of amides is 1.